The van der Waals surface area contributed by atoms with E-state index in [9.17, 15) is 14.7 Å². The zero-order valence-corrected chi connectivity index (χ0v) is 23.6. The van der Waals surface area contributed by atoms with E-state index in [1.807, 2.05) is 79.0 Å². The molecule has 1 aromatic heterocycles. The molecule has 1 heterocycles. The minimum Gasteiger partial charge on any atom is -0.497 e. The van der Waals surface area contributed by atoms with E-state index < -0.39 is 18.1 Å². The highest BCUT2D eigenvalue weighted by molar-refractivity contribution is 5.86. The molecule has 0 saturated heterocycles. The second-order valence-corrected chi connectivity index (χ2v) is 10.6. The number of carboxylic acids is 1. The van der Waals surface area contributed by atoms with Crippen LogP contribution in [0.5, 0.6) is 5.75 Å². The van der Waals surface area contributed by atoms with Gasteiger partial charge in [0, 0.05) is 43.0 Å². The summed E-state index contributed by atoms with van der Waals surface area (Å²) in [5.74, 6) is -0.414. The molecule has 0 fully saturated rings. The summed E-state index contributed by atoms with van der Waals surface area (Å²) < 4.78 is 13.2. The van der Waals surface area contributed by atoms with E-state index in [-0.39, 0.29) is 18.9 Å². The number of aromatic nitrogens is 1. The van der Waals surface area contributed by atoms with E-state index in [1.54, 1.807) is 7.11 Å². The molecule has 6 rings (SSSR count). The van der Waals surface area contributed by atoms with Crippen LogP contribution in [-0.2, 0) is 22.5 Å². The van der Waals surface area contributed by atoms with Crippen LogP contribution in [0.2, 0.25) is 0 Å². The molecule has 0 saturated carbocycles. The first-order valence-electron chi connectivity index (χ1n) is 13.9. The van der Waals surface area contributed by atoms with Crippen molar-refractivity contribution in [2.75, 3.05) is 20.8 Å². The average Bonchev–Trinajstić information content (AvgIpc) is 3.53. The van der Waals surface area contributed by atoms with Crippen molar-refractivity contribution in [1.82, 2.24) is 9.47 Å². The number of carbonyl (C=O) groups excluding carboxylic acids is 1. The first-order chi connectivity index (χ1) is 20.4. The highest BCUT2D eigenvalue weighted by Gasteiger charge is 2.32. The number of amides is 1. The third-order valence-electron chi connectivity index (χ3n) is 8.15. The molecular formula is C35H32N2O5. The summed E-state index contributed by atoms with van der Waals surface area (Å²) in [5.41, 5.74) is 7.38. The molecule has 1 aliphatic carbocycles. The molecule has 1 aliphatic rings. The molecule has 1 atom stereocenters. The van der Waals surface area contributed by atoms with E-state index in [2.05, 4.69) is 28.8 Å². The van der Waals surface area contributed by atoms with Crippen LogP contribution in [-0.4, -0.2) is 53.4 Å². The van der Waals surface area contributed by atoms with E-state index in [4.69, 9.17) is 9.47 Å². The summed E-state index contributed by atoms with van der Waals surface area (Å²) in [6.45, 7) is 0.723. The molecule has 1 amide bonds. The minimum atomic E-state index is -1.10. The molecule has 0 bridgehead atoms. The first-order valence-corrected chi connectivity index (χ1v) is 13.9. The average molecular weight is 561 g/mol. The van der Waals surface area contributed by atoms with Crippen LogP contribution < -0.4 is 4.74 Å². The minimum absolute atomic E-state index is 0.104. The van der Waals surface area contributed by atoms with E-state index in [1.165, 1.54) is 11.9 Å². The van der Waals surface area contributed by atoms with Gasteiger partial charge in [0.25, 0.3) is 0 Å². The molecule has 7 heteroatoms. The number of rotatable bonds is 9. The standard InChI is InChI=1S/C35H32N2O5/c1-36(35(40)42-22-31-29-15-5-3-13-27(29)28-14-4-6-16-30(28)31)33(34(38)39)19-24-21-37(32-17-8-7-12-26(24)32)20-23-10-9-11-25(18-23)41-2/h3-18,21,31,33H,19-20,22H2,1-2H3,(H,38,39)/t33-/m0/s1. The van der Waals surface area contributed by atoms with Gasteiger partial charge in [-0.1, -0.05) is 78.9 Å². The number of fused-ring (bicyclic) bond motifs is 4. The molecule has 0 spiro atoms. The Kier molecular flexibility index (Phi) is 7.40. The number of carbonyl (C=O) groups is 2. The third kappa shape index (κ3) is 5.09. The van der Waals surface area contributed by atoms with Crippen LogP contribution in [0.25, 0.3) is 22.0 Å². The smallest absolute Gasteiger partial charge is 0.410 e. The Labute approximate surface area is 244 Å². The van der Waals surface area contributed by atoms with Crippen molar-refractivity contribution in [2.24, 2.45) is 0 Å². The number of aliphatic carboxylic acids is 1. The number of methoxy groups -OCH3 is 1. The molecule has 42 heavy (non-hydrogen) atoms. The Hall–Kier alpha value is -5.04. The lowest BCUT2D eigenvalue weighted by Crippen LogP contribution is -2.44. The third-order valence-corrected chi connectivity index (χ3v) is 8.15. The van der Waals surface area contributed by atoms with E-state index >= 15 is 0 Å². The van der Waals surface area contributed by atoms with Crippen LogP contribution >= 0.6 is 0 Å². The molecule has 0 aliphatic heterocycles. The van der Waals surface area contributed by atoms with Crippen molar-refractivity contribution in [3.8, 4) is 16.9 Å². The highest BCUT2D eigenvalue weighted by Crippen LogP contribution is 2.44. The van der Waals surface area contributed by atoms with Crippen LogP contribution in [0.1, 0.15) is 28.2 Å². The summed E-state index contributed by atoms with van der Waals surface area (Å²) in [7, 11) is 3.13. The van der Waals surface area contributed by atoms with Gasteiger partial charge in [0.1, 0.15) is 18.4 Å². The van der Waals surface area contributed by atoms with Gasteiger partial charge in [-0.15, -0.1) is 0 Å². The number of hydrogen-bond acceptors (Lipinski definition) is 4. The quantitative estimate of drug-likeness (QED) is 0.220. The lowest BCUT2D eigenvalue weighted by atomic mass is 9.98. The molecule has 0 radical (unpaired) electrons. The predicted octanol–water partition coefficient (Wildman–Crippen LogP) is 6.57. The monoisotopic (exact) mass is 560 g/mol. The summed E-state index contributed by atoms with van der Waals surface area (Å²) >= 11 is 0. The number of benzene rings is 4. The van der Waals surface area contributed by atoms with Gasteiger partial charge >= 0.3 is 12.1 Å². The second-order valence-electron chi connectivity index (χ2n) is 10.6. The SMILES string of the molecule is COc1cccc(Cn2cc(C[C@@H](C(=O)O)N(C)C(=O)OCC3c4ccccc4-c4ccccc43)c3ccccc32)c1. The van der Waals surface area contributed by atoms with Gasteiger partial charge in [-0.05, 0) is 51.6 Å². The maximum absolute atomic E-state index is 13.3. The molecule has 5 aromatic rings. The van der Waals surface area contributed by atoms with Gasteiger partial charge in [0.05, 0.1) is 7.11 Å². The Morgan fingerprint density at radius 2 is 1.57 bits per heavy atom. The van der Waals surface area contributed by atoms with Gasteiger partial charge in [-0.3, -0.25) is 4.90 Å². The van der Waals surface area contributed by atoms with Gasteiger partial charge < -0.3 is 19.1 Å². The Balaban J connectivity index is 1.21. The number of likely N-dealkylation sites (N-methyl/N-ethyl adjacent to an activating group) is 1. The lowest BCUT2D eigenvalue weighted by Gasteiger charge is -2.25. The highest BCUT2D eigenvalue weighted by atomic mass is 16.6. The molecular weight excluding hydrogens is 528 g/mol. The van der Waals surface area contributed by atoms with Gasteiger partial charge in [0.2, 0.25) is 0 Å². The van der Waals surface area contributed by atoms with Crippen LogP contribution in [0, 0.1) is 0 Å². The second kappa shape index (κ2) is 11.4. The van der Waals surface area contributed by atoms with Gasteiger partial charge in [-0.2, -0.15) is 0 Å². The van der Waals surface area contributed by atoms with E-state index in [0.717, 1.165) is 50.0 Å². The molecule has 0 unspecified atom stereocenters. The van der Waals surface area contributed by atoms with Crippen LogP contribution in [0.3, 0.4) is 0 Å². The fourth-order valence-electron chi connectivity index (χ4n) is 6.01. The summed E-state index contributed by atoms with van der Waals surface area (Å²) in [5, 5.41) is 11.1. The van der Waals surface area contributed by atoms with Gasteiger partial charge in [0.15, 0.2) is 0 Å². The zero-order valence-electron chi connectivity index (χ0n) is 23.6. The summed E-state index contributed by atoms with van der Waals surface area (Å²) in [6, 6.07) is 30.9. The normalized spacial score (nSPS) is 12.9. The van der Waals surface area contributed by atoms with Crippen LogP contribution in [0.4, 0.5) is 4.79 Å². The van der Waals surface area contributed by atoms with Crippen molar-refractivity contribution < 1.29 is 24.2 Å². The molecule has 7 nitrogen and oxygen atoms in total. The van der Waals surface area contributed by atoms with Crippen molar-refractivity contribution in [2.45, 2.75) is 24.9 Å². The van der Waals surface area contributed by atoms with E-state index in [0.29, 0.717) is 6.54 Å². The number of para-hydroxylation sites is 1. The van der Waals surface area contributed by atoms with Crippen molar-refractivity contribution in [3.05, 3.63) is 126 Å². The van der Waals surface area contributed by atoms with Crippen molar-refractivity contribution in [1.29, 1.82) is 0 Å². The Morgan fingerprint density at radius 1 is 0.905 bits per heavy atom. The first kappa shape index (κ1) is 27.1. The van der Waals surface area contributed by atoms with Gasteiger partial charge in [-0.25, -0.2) is 9.59 Å². The summed E-state index contributed by atoms with van der Waals surface area (Å²) in [6.07, 6.45) is 1.46. The molecule has 212 valence electrons. The predicted molar refractivity (Wildman–Crippen MR) is 162 cm³/mol. The number of carboxylic acid groups (broad SMARTS) is 1. The van der Waals surface area contributed by atoms with Crippen LogP contribution in [0.15, 0.2) is 103 Å². The van der Waals surface area contributed by atoms with Crippen molar-refractivity contribution >= 4 is 23.0 Å². The maximum Gasteiger partial charge on any atom is 0.410 e. The number of hydrogen-bond donors (Lipinski definition) is 1. The number of ether oxygens (including phenoxy) is 2. The van der Waals surface area contributed by atoms with Crippen molar-refractivity contribution in [3.63, 3.8) is 0 Å². The molecule has 4 aromatic carbocycles. The zero-order chi connectivity index (χ0) is 29.2. The maximum atomic E-state index is 13.3. The summed E-state index contributed by atoms with van der Waals surface area (Å²) in [4.78, 5) is 26.9. The molecule has 1 N–H and O–H groups in total. The topological polar surface area (TPSA) is 81.0 Å². The fraction of sp³-hybridized carbons (Fsp3) is 0.200. The largest absolute Gasteiger partial charge is 0.497 e. The number of nitrogens with zero attached hydrogens (tertiary/aromatic N) is 2. The lowest BCUT2D eigenvalue weighted by molar-refractivity contribution is -0.142. The Bertz CT molecular complexity index is 1730. The fourth-order valence-corrected chi connectivity index (χ4v) is 6.01. The Morgan fingerprint density at radius 3 is 2.26 bits per heavy atom.